The van der Waals surface area contributed by atoms with Crippen molar-refractivity contribution in [1.82, 2.24) is 0 Å². The minimum absolute atomic E-state index is 0.0503. The monoisotopic (exact) mass is 348 g/mol. The Balaban J connectivity index is 1.81. The minimum Gasteiger partial charge on any atom is -0.454 e. The second kappa shape index (κ2) is 7.33. The molecule has 3 rings (SSSR count). The lowest BCUT2D eigenvalue weighted by molar-refractivity contribution is 0.424. The SMILES string of the molecule is N#Cc1ccc(Oc2cccc(Oc3ccc(C#N)cc3F)c2)c(F)c1. The fourth-order valence-electron chi connectivity index (χ4n) is 2.16. The van der Waals surface area contributed by atoms with Gasteiger partial charge in [0.15, 0.2) is 23.1 Å². The van der Waals surface area contributed by atoms with Crippen LogP contribution in [0, 0.1) is 34.3 Å². The molecular formula is C20H10F2N2O2. The zero-order chi connectivity index (χ0) is 18.5. The first-order valence-electron chi connectivity index (χ1n) is 7.44. The van der Waals surface area contributed by atoms with Crippen LogP contribution in [0.25, 0.3) is 0 Å². The van der Waals surface area contributed by atoms with E-state index in [1.165, 1.54) is 30.3 Å². The second-order valence-electron chi connectivity index (χ2n) is 5.19. The van der Waals surface area contributed by atoms with Gasteiger partial charge in [-0.15, -0.1) is 0 Å². The molecule has 3 aromatic rings. The van der Waals surface area contributed by atoms with E-state index in [2.05, 4.69) is 0 Å². The molecule has 0 aliphatic carbocycles. The van der Waals surface area contributed by atoms with Crippen LogP contribution in [0.15, 0.2) is 60.7 Å². The Labute approximate surface area is 148 Å². The third-order valence-corrected chi connectivity index (χ3v) is 3.38. The van der Waals surface area contributed by atoms with Crippen LogP contribution in [-0.2, 0) is 0 Å². The smallest absolute Gasteiger partial charge is 0.167 e. The van der Waals surface area contributed by atoms with Crippen LogP contribution in [0.1, 0.15) is 11.1 Å². The van der Waals surface area contributed by atoms with Gasteiger partial charge in [-0.1, -0.05) is 6.07 Å². The van der Waals surface area contributed by atoms with Crippen molar-refractivity contribution in [2.24, 2.45) is 0 Å². The van der Waals surface area contributed by atoms with E-state index in [1.807, 2.05) is 12.1 Å². The summed E-state index contributed by atoms with van der Waals surface area (Å²) in [6, 6.07) is 17.6. The lowest BCUT2D eigenvalue weighted by atomic mass is 10.2. The Morgan fingerprint density at radius 1 is 0.654 bits per heavy atom. The van der Waals surface area contributed by atoms with Crippen molar-refractivity contribution in [1.29, 1.82) is 10.5 Å². The van der Waals surface area contributed by atoms with Crippen molar-refractivity contribution in [3.05, 3.63) is 83.4 Å². The maximum atomic E-state index is 13.9. The predicted molar refractivity (Wildman–Crippen MR) is 88.8 cm³/mol. The van der Waals surface area contributed by atoms with Gasteiger partial charge in [0.25, 0.3) is 0 Å². The maximum Gasteiger partial charge on any atom is 0.167 e. The second-order valence-corrected chi connectivity index (χ2v) is 5.19. The first-order chi connectivity index (χ1) is 12.6. The zero-order valence-corrected chi connectivity index (χ0v) is 13.2. The van der Waals surface area contributed by atoms with Gasteiger partial charge in [0.05, 0.1) is 23.3 Å². The van der Waals surface area contributed by atoms with Gasteiger partial charge < -0.3 is 9.47 Å². The van der Waals surface area contributed by atoms with Crippen LogP contribution >= 0.6 is 0 Å². The van der Waals surface area contributed by atoms with Crippen LogP contribution in [0.3, 0.4) is 0 Å². The van der Waals surface area contributed by atoms with Crippen molar-refractivity contribution in [2.45, 2.75) is 0 Å². The average molecular weight is 348 g/mol. The molecule has 0 spiro atoms. The summed E-state index contributed by atoms with van der Waals surface area (Å²) in [6.45, 7) is 0. The Hall–Kier alpha value is -3.90. The Kier molecular flexibility index (Phi) is 4.78. The van der Waals surface area contributed by atoms with E-state index in [1.54, 1.807) is 18.2 Å². The molecule has 0 aliphatic heterocycles. The first-order valence-corrected chi connectivity index (χ1v) is 7.44. The van der Waals surface area contributed by atoms with Gasteiger partial charge in [-0.05, 0) is 48.5 Å². The zero-order valence-electron chi connectivity index (χ0n) is 13.2. The molecule has 0 atom stereocenters. The van der Waals surface area contributed by atoms with Crippen LogP contribution < -0.4 is 9.47 Å². The summed E-state index contributed by atoms with van der Waals surface area (Å²) in [7, 11) is 0. The normalized spacial score (nSPS) is 9.85. The maximum absolute atomic E-state index is 13.9. The third-order valence-electron chi connectivity index (χ3n) is 3.38. The van der Waals surface area contributed by atoms with Gasteiger partial charge in [-0.25, -0.2) is 8.78 Å². The van der Waals surface area contributed by atoms with E-state index in [9.17, 15) is 8.78 Å². The molecule has 0 aromatic heterocycles. The molecule has 0 bridgehead atoms. The fourth-order valence-corrected chi connectivity index (χ4v) is 2.16. The summed E-state index contributed by atoms with van der Waals surface area (Å²) in [5.41, 5.74) is 0.367. The lowest BCUT2D eigenvalue weighted by Crippen LogP contribution is -1.92. The van der Waals surface area contributed by atoms with Crippen molar-refractivity contribution >= 4 is 0 Å². The average Bonchev–Trinajstić information content (AvgIpc) is 2.65. The third kappa shape index (κ3) is 3.77. The Morgan fingerprint density at radius 3 is 1.50 bits per heavy atom. The molecule has 0 N–H and O–H groups in total. The number of nitriles is 2. The summed E-state index contributed by atoms with van der Waals surface area (Å²) in [5, 5.41) is 17.5. The molecule has 3 aromatic carbocycles. The predicted octanol–water partition coefficient (Wildman–Crippen LogP) is 5.29. The highest BCUT2D eigenvalue weighted by Crippen LogP contribution is 2.31. The summed E-state index contributed by atoms with van der Waals surface area (Å²) in [5.74, 6) is -0.890. The molecule has 0 amide bonds. The number of hydrogen-bond donors (Lipinski definition) is 0. The van der Waals surface area contributed by atoms with Crippen molar-refractivity contribution < 1.29 is 18.3 Å². The number of ether oxygens (including phenoxy) is 2. The van der Waals surface area contributed by atoms with E-state index < -0.39 is 11.6 Å². The quantitative estimate of drug-likeness (QED) is 0.642. The molecule has 0 heterocycles. The van der Waals surface area contributed by atoms with Crippen molar-refractivity contribution in [2.75, 3.05) is 0 Å². The molecule has 0 radical (unpaired) electrons. The van der Waals surface area contributed by atoms with Gasteiger partial charge in [0.1, 0.15) is 11.5 Å². The molecule has 0 fully saturated rings. The van der Waals surface area contributed by atoms with Crippen LogP contribution in [0.5, 0.6) is 23.0 Å². The minimum atomic E-state index is -0.673. The number of rotatable bonds is 4. The summed E-state index contributed by atoms with van der Waals surface area (Å²) in [4.78, 5) is 0. The highest BCUT2D eigenvalue weighted by molar-refractivity contribution is 5.43. The largest absolute Gasteiger partial charge is 0.454 e. The molecule has 26 heavy (non-hydrogen) atoms. The Bertz CT molecular complexity index is 972. The van der Waals surface area contributed by atoms with E-state index in [4.69, 9.17) is 20.0 Å². The number of hydrogen-bond acceptors (Lipinski definition) is 4. The lowest BCUT2D eigenvalue weighted by Gasteiger charge is -2.10. The molecule has 0 saturated carbocycles. The summed E-state index contributed by atoms with van der Waals surface area (Å²) in [6.07, 6.45) is 0. The van der Waals surface area contributed by atoms with Gasteiger partial charge in [0, 0.05) is 6.07 Å². The van der Waals surface area contributed by atoms with Gasteiger partial charge in [0.2, 0.25) is 0 Å². The summed E-state index contributed by atoms with van der Waals surface area (Å²) >= 11 is 0. The van der Waals surface area contributed by atoms with Gasteiger partial charge in [-0.3, -0.25) is 0 Å². The Morgan fingerprint density at radius 2 is 1.12 bits per heavy atom. The van der Waals surface area contributed by atoms with Gasteiger partial charge in [-0.2, -0.15) is 10.5 Å². The van der Waals surface area contributed by atoms with Crippen LogP contribution in [0.2, 0.25) is 0 Å². The fraction of sp³-hybridized carbons (Fsp3) is 0. The molecule has 4 nitrogen and oxygen atoms in total. The van der Waals surface area contributed by atoms with Gasteiger partial charge >= 0.3 is 0 Å². The molecule has 0 aliphatic rings. The molecule has 126 valence electrons. The van der Waals surface area contributed by atoms with E-state index in [0.717, 1.165) is 12.1 Å². The molecule has 0 unspecified atom stereocenters. The van der Waals surface area contributed by atoms with Crippen molar-refractivity contribution in [3.8, 4) is 35.1 Å². The number of halogens is 2. The number of nitrogens with zero attached hydrogens (tertiary/aromatic N) is 2. The van der Waals surface area contributed by atoms with E-state index in [0.29, 0.717) is 0 Å². The molecular weight excluding hydrogens is 338 g/mol. The van der Waals surface area contributed by atoms with Crippen LogP contribution in [0.4, 0.5) is 8.78 Å². The molecule has 0 saturated heterocycles. The standard InChI is InChI=1S/C20H10F2N2O2/c21-17-8-13(11-23)4-6-19(17)25-15-2-1-3-16(10-15)26-20-7-5-14(12-24)9-18(20)22/h1-10H. The molecule has 6 heteroatoms. The first kappa shape index (κ1) is 16.9. The van der Waals surface area contributed by atoms with E-state index >= 15 is 0 Å². The highest BCUT2D eigenvalue weighted by atomic mass is 19.1. The number of benzene rings is 3. The highest BCUT2D eigenvalue weighted by Gasteiger charge is 2.09. The summed E-state index contributed by atoms with van der Waals surface area (Å²) < 4.78 is 38.7. The van der Waals surface area contributed by atoms with Crippen LogP contribution in [-0.4, -0.2) is 0 Å². The van der Waals surface area contributed by atoms with Crippen molar-refractivity contribution in [3.63, 3.8) is 0 Å². The van der Waals surface area contributed by atoms with E-state index in [-0.39, 0.29) is 34.1 Å². The topological polar surface area (TPSA) is 66.0 Å².